The van der Waals surface area contributed by atoms with Crippen molar-refractivity contribution in [2.75, 3.05) is 6.61 Å². The van der Waals surface area contributed by atoms with Crippen molar-refractivity contribution >= 4 is 11.6 Å². The maximum absolute atomic E-state index is 12.2. The Labute approximate surface area is 157 Å². The molecule has 0 bridgehead atoms. The van der Waals surface area contributed by atoms with Crippen LogP contribution in [-0.2, 0) is 9.59 Å². The molecule has 0 amide bonds. The molecule has 0 aromatic carbocycles. The summed E-state index contributed by atoms with van der Waals surface area (Å²) in [6.45, 7) is 1.74. The van der Waals surface area contributed by atoms with Crippen LogP contribution < -0.4 is 0 Å². The molecular weight excluding hydrogens is 332 g/mol. The highest BCUT2D eigenvalue weighted by atomic mass is 16.3. The van der Waals surface area contributed by atoms with Crippen LogP contribution in [0.4, 0.5) is 0 Å². The lowest BCUT2D eigenvalue weighted by Crippen LogP contribution is -2.19. The van der Waals surface area contributed by atoms with Crippen molar-refractivity contribution in [2.45, 2.75) is 89.8 Å². The van der Waals surface area contributed by atoms with Gasteiger partial charge in [-0.25, -0.2) is 0 Å². The number of rotatable bonds is 14. The summed E-state index contributed by atoms with van der Waals surface area (Å²) in [6, 6.07) is 0. The Morgan fingerprint density at radius 1 is 1.19 bits per heavy atom. The molecule has 3 N–H and O–H groups in total. The lowest BCUT2D eigenvalue weighted by molar-refractivity contribution is -0.122. The fourth-order valence-corrected chi connectivity index (χ4v) is 3.67. The number of hydrogen-bond donors (Lipinski definition) is 3. The lowest BCUT2D eigenvalue weighted by atomic mass is 9.88. The van der Waals surface area contributed by atoms with Gasteiger partial charge in [-0.2, -0.15) is 0 Å². The van der Waals surface area contributed by atoms with Gasteiger partial charge in [0.25, 0.3) is 0 Å². The Morgan fingerprint density at radius 3 is 2.62 bits per heavy atom. The zero-order valence-corrected chi connectivity index (χ0v) is 16.1. The third kappa shape index (κ3) is 8.56. The van der Waals surface area contributed by atoms with Gasteiger partial charge in [-0.3, -0.25) is 9.59 Å². The van der Waals surface area contributed by atoms with Gasteiger partial charge in [0.2, 0.25) is 0 Å². The number of unbranched alkanes of at least 4 members (excludes halogenated alkanes) is 5. The Bertz CT molecular complexity index is 446. The van der Waals surface area contributed by atoms with Crippen LogP contribution in [0.3, 0.4) is 0 Å². The summed E-state index contributed by atoms with van der Waals surface area (Å²) in [5.74, 6) is -0.368. The van der Waals surface area contributed by atoms with Crippen molar-refractivity contribution in [3.63, 3.8) is 0 Å². The van der Waals surface area contributed by atoms with E-state index in [1.807, 2.05) is 6.08 Å². The fourth-order valence-electron chi connectivity index (χ4n) is 3.67. The van der Waals surface area contributed by atoms with Gasteiger partial charge in [-0.1, -0.05) is 57.6 Å². The molecule has 0 aromatic rings. The molecule has 1 aliphatic rings. The molecular formula is C21H36O5. The average Bonchev–Trinajstić information content (AvgIpc) is 2.89. The normalized spacial score (nSPS) is 24.5. The molecule has 5 nitrogen and oxygen atoms in total. The average molecular weight is 369 g/mol. The van der Waals surface area contributed by atoms with Crippen molar-refractivity contribution in [2.24, 2.45) is 11.8 Å². The standard InChI is InChI=1S/C21H36O5/c1-2-3-6-9-16(23)12-13-19-18(20(25)14-21(19)26)11-8-5-4-7-10-17(24)15-22/h12-13,16,18-19,21-23,26H,2-11,14-15H2,1H3/b13-12+/t16?,18-,19-,21-/m1/s1. The second-order valence-electron chi connectivity index (χ2n) is 7.52. The number of Topliss-reactive ketones (excluding diaryl/α,β-unsaturated/α-hetero) is 2. The minimum atomic E-state index is -0.645. The number of carbonyl (C=O) groups excluding carboxylic acids is 2. The van der Waals surface area contributed by atoms with Crippen molar-refractivity contribution in [3.05, 3.63) is 12.2 Å². The molecule has 0 saturated heterocycles. The second-order valence-corrected chi connectivity index (χ2v) is 7.52. The predicted octanol–water partition coefficient (Wildman–Crippen LogP) is 2.95. The molecule has 1 rings (SSSR count). The van der Waals surface area contributed by atoms with Crippen molar-refractivity contribution in [3.8, 4) is 0 Å². The minimum absolute atomic E-state index is 0.114. The third-order valence-corrected chi connectivity index (χ3v) is 5.29. The summed E-state index contributed by atoms with van der Waals surface area (Å²) in [6.07, 6.45) is 11.2. The van der Waals surface area contributed by atoms with Gasteiger partial charge >= 0.3 is 0 Å². The molecule has 4 atom stereocenters. The molecule has 26 heavy (non-hydrogen) atoms. The summed E-state index contributed by atoms with van der Waals surface area (Å²) in [5, 5.41) is 28.9. The van der Waals surface area contributed by atoms with E-state index in [9.17, 15) is 19.8 Å². The summed E-state index contributed by atoms with van der Waals surface area (Å²) < 4.78 is 0. The third-order valence-electron chi connectivity index (χ3n) is 5.29. The van der Waals surface area contributed by atoms with Crippen LogP contribution in [0, 0.1) is 11.8 Å². The van der Waals surface area contributed by atoms with Gasteiger partial charge in [-0.15, -0.1) is 0 Å². The van der Waals surface area contributed by atoms with E-state index in [0.29, 0.717) is 6.42 Å². The smallest absolute Gasteiger partial charge is 0.158 e. The fraction of sp³-hybridized carbons (Fsp3) is 0.810. The van der Waals surface area contributed by atoms with E-state index in [4.69, 9.17) is 5.11 Å². The molecule has 5 heteroatoms. The topological polar surface area (TPSA) is 94.8 Å². The van der Waals surface area contributed by atoms with E-state index in [1.165, 1.54) is 0 Å². The quantitative estimate of drug-likeness (QED) is 0.324. The highest BCUT2D eigenvalue weighted by Crippen LogP contribution is 2.34. The highest BCUT2D eigenvalue weighted by Gasteiger charge is 2.39. The molecule has 1 unspecified atom stereocenters. The first-order valence-electron chi connectivity index (χ1n) is 10.2. The van der Waals surface area contributed by atoms with Gasteiger partial charge in [0.05, 0.1) is 12.2 Å². The second kappa shape index (κ2) is 13.2. The Hall–Kier alpha value is -1.04. The number of ketones is 2. The summed E-state index contributed by atoms with van der Waals surface area (Å²) >= 11 is 0. The molecule has 0 aromatic heterocycles. The summed E-state index contributed by atoms with van der Waals surface area (Å²) in [7, 11) is 0. The van der Waals surface area contributed by atoms with Crippen LogP contribution in [-0.4, -0.2) is 45.7 Å². The van der Waals surface area contributed by atoms with Gasteiger partial charge in [-0.05, 0) is 19.3 Å². The number of aliphatic hydroxyl groups excluding tert-OH is 3. The first-order valence-corrected chi connectivity index (χ1v) is 10.2. The maximum Gasteiger partial charge on any atom is 0.158 e. The molecule has 150 valence electrons. The number of carbonyl (C=O) groups is 2. The van der Waals surface area contributed by atoms with E-state index < -0.39 is 12.2 Å². The van der Waals surface area contributed by atoms with E-state index in [2.05, 4.69) is 6.92 Å². The Kier molecular flexibility index (Phi) is 11.7. The Morgan fingerprint density at radius 2 is 1.92 bits per heavy atom. The van der Waals surface area contributed by atoms with Gasteiger partial charge in [0, 0.05) is 24.7 Å². The molecule has 1 aliphatic carbocycles. The lowest BCUT2D eigenvalue weighted by Gasteiger charge is -2.18. The van der Waals surface area contributed by atoms with Gasteiger partial charge in [0.1, 0.15) is 12.4 Å². The van der Waals surface area contributed by atoms with E-state index in [0.717, 1.165) is 57.8 Å². The molecule has 1 saturated carbocycles. The summed E-state index contributed by atoms with van der Waals surface area (Å²) in [4.78, 5) is 23.2. The van der Waals surface area contributed by atoms with Crippen LogP contribution in [0.25, 0.3) is 0 Å². The Balaban J connectivity index is 2.37. The van der Waals surface area contributed by atoms with E-state index in [1.54, 1.807) is 6.08 Å². The molecule has 1 fully saturated rings. The van der Waals surface area contributed by atoms with Crippen molar-refractivity contribution in [1.29, 1.82) is 0 Å². The zero-order chi connectivity index (χ0) is 19.4. The largest absolute Gasteiger partial charge is 0.392 e. The zero-order valence-electron chi connectivity index (χ0n) is 16.1. The molecule has 0 radical (unpaired) electrons. The monoisotopic (exact) mass is 368 g/mol. The minimum Gasteiger partial charge on any atom is -0.392 e. The molecule has 0 heterocycles. The molecule has 0 spiro atoms. The highest BCUT2D eigenvalue weighted by molar-refractivity contribution is 5.84. The predicted molar refractivity (Wildman–Crippen MR) is 102 cm³/mol. The van der Waals surface area contributed by atoms with Crippen LogP contribution in [0.15, 0.2) is 12.2 Å². The van der Waals surface area contributed by atoms with E-state index in [-0.39, 0.29) is 36.4 Å². The van der Waals surface area contributed by atoms with Gasteiger partial charge in [0.15, 0.2) is 5.78 Å². The van der Waals surface area contributed by atoms with E-state index >= 15 is 0 Å². The van der Waals surface area contributed by atoms with Gasteiger partial charge < -0.3 is 15.3 Å². The first kappa shape index (κ1) is 23.0. The van der Waals surface area contributed by atoms with Crippen LogP contribution >= 0.6 is 0 Å². The molecule has 0 aliphatic heterocycles. The summed E-state index contributed by atoms with van der Waals surface area (Å²) in [5.41, 5.74) is 0. The maximum atomic E-state index is 12.2. The first-order chi connectivity index (χ1) is 12.5. The van der Waals surface area contributed by atoms with Crippen molar-refractivity contribution in [1.82, 2.24) is 0 Å². The number of hydrogen-bond acceptors (Lipinski definition) is 5. The SMILES string of the molecule is CCCCCC(O)/C=C/[C@H]1[C@H](O)CC(=O)[C@@H]1CCCCCCC(=O)CO. The van der Waals surface area contributed by atoms with Crippen LogP contribution in [0.5, 0.6) is 0 Å². The van der Waals surface area contributed by atoms with Crippen LogP contribution in [0.2, 0.25) is 0 Å². The number of aliphatic hydroxyl groups is 3. The van der Waals surface area contributed by atoms with Crippen LogP contribution in [0.1, 0.15) is 77.6 Å². The van der Waals surface area contributed by atoms with Crippen molar-refractivity contribution < 1.29 is 24.9 Å².